The number of carbonyl (C=O) groups excluding carboxylic acids is 1. The highest BCUT2D eigenvalue weighted by molar-refractivity contribution is 5.68. The third-order valence-corrected chi connectivity index (χ3v) is 2.59. The van der Waals surface area contributed by atoms with Crippen LogP contribution in [-0.2, 0) is 9.47 Å². The summed E-state index contributed by atoms with van der Waals surface area (Å²) in [5.74, 6) is 0. The van der Waals surface area contributed by atoms with Crippen LogP contribution >= 0.6 is 0 Å². The van der Waals surface area contributed by atoms with E-state index in [0.29, 0.717) is 0 Å². The minimum Gasteiger partial charge on any atom is -0.444 e. The maximum absolute atomic E-state index is 12.6. The third kappa shape index (κ3) is 4.54. The quantitative estimate of drug-likeness (QED) is 0.792. The molecule has 1 rings (SSSR count). The Bertz CT molecular complexity index is 328. The van der Waals surface area contributed by atoms with Crippen molar-refractivity contribution in [1.29, 1.82) is 0 Å². The molecule has 1 aliphatic rings. The Morgan fingerprint density at radius 2 is 2.00 bits per heavy atom. The van der Waals surface area contributed by atoms with Crippen LogP contribution in [0.15, 0.2) is 0 Å². The number of alkyl halides is 3. The van der Waals surface area contributed by atoms with E-state index in [1.807, 2.05) is 0 Å². The van der Waals surface area contributed by atoms with Crippen molar-refractivity contribution in [2.24, 2.45) is 5.73 Å². The number of morpholine rings is 1. The molecule has 2 atom stereocenters. The minimum atomic E-state index is -4.59. The molecule has 0 aromatic carbocycles. The Labute approximate surface area is 109 Å². The van der Waals surface area contributed by atoms with Crippen molar-refractivity contribution in [2.45, 2.75) is 44.6 Å². The molecule has 112 valence electrons. The summed E-state index contributed by atoms with van der Waals surface area (Å²) in [5, 5.41) is 0. The van der Waals surface area contributed by atoms with E-state index in [0.717, 1.165) is 4.90 Å². The lowest BCUT2D eigenvalue weighted by atomic mass is 10.1. The highest BCUT2D eigenvalue weighted by Crippen LogP contribution is 2.26. The van der Waals surface area contributed by atoms with Crippen molar-refractivity contribution in [2.75, 3.05) is 19.8 Å². The normalized spacial score (nSPS) is 23.1. The summed E-state index contributed by atoms with van der Waals surface area (Å²) >= 11 is 0. The average Bonchev–Trinajstić information content (AvgIpc) is 2.24. The van der Waals surface area contributed by atoms with E-state index in [9.17, 15) is 18.0 Å². The maximum Gasteiger partial charge on any atom is 0.410 e. The summed E-state index contributed by atoms with van der Waals surface area (Å²) < 4.78 is 48.0. The molecule has 1 fully saturated rings. The van der Waals surface area contributed by atoms with Crippen LogP contribution in [0.25, 0.3) is 0 Å². The van der Waals surface area contributed by atoms with Gasteiger partial charge in [-0.25, -0.2) is 4.79 Å². The molecule has 8 heteroatoms. The van der Waals surface area contributed by atoms with Gasteiger partial charge in [-0.1, -0.05) is 0 Å². The van der Waals surface area contributed by atoms with E-state index in [2.05, 4.69) is 0 Å². The smallest absolute Gasteiger partial charge is 0.410 e. The molecule has 2 unspecified atom stereocenters. The van der Waals surface area contributed by atoms with Gasteiger partial charge in [-0.15, -0.1) is 0 Å². The van der Waals surface area contributed by atoms with Crippen molar-refractivity contribution in [3.05, 3.63) is 0 Å². The van der Waals surface area contributed by atoms with Gasteiger partial charge in [-0.3, -0.25) is 4.90 Å². The van der Waals surface area contributed by atoms with Crippen LogP contribution in [0, 0.1) is 0 Å². The summed E-state index contributed by atoms with van der Waals surface area (Å²) in [4.78, 5) is 12.9. The number of nitrogens with zero attached hydrogens (tertiary/aromatic N) is 1. The predicted octanol–water partition coefficient (Wildman–Crippen LogP) is 1.51. The first-order valence-corrected chi connectivity index (χ1v) is 5.92. The fraction of sp³-hybridized carbons (Fsp3) is 0.909. The highest BCUT2D eigenvalue weighted by atomic mass is 19.4. The first-order chi connectivity index (χ1) is 8.52. The Morgan fingerprint density at radius 1 is 1.42 bits per heavy atom. The van der Waals surface area contributed by atoms with Crippen LogP contribution in [0.3, 0.4) is 0 Å². The Balaban J connectivity index is 2.81. The second kappa shape index (κ2) is 5.54. The van der Waals surface area contributed by atoms with Crippen LogP contribution in [-0.4, -0.2) is 54.6 Å². The van der Waals surface area contributed by atoms with Gasteiger partial charge in [0.05, 0.1) is 19.3 Å². The number of halogens is 3. The number of hydrogen-bond acceptors (Lipinski definition) is 4. The first kappa shape index (κ1) is 16.0. The van der Waals surface area contributed by atoms with E-state index in [-0.39, 0.29) is 19.8 Å². The SMILES string of the molecule is CC(C)(C)OC(=O)N1CCOCC1C(N)C(F)(F)F. The van der Waals surface area contributed by atoms with Gasteiger partial charge in [0.1, 0.15) is 11.6 Å². The second-order valence-corrected chi connectivity index (χ2v) is 5.38. The number of rotatable bonds is 1. The van der Waals surface area contributed by atoms with Crippen molar-refractivity contribution >= 4 is 6.09 Å². The molecule has 0 bridgehead atoms. The third-order valence-electron chi connectivity index (χ3n) is 2.59. The standard InChI is InChI=1S/C11H19F3N2O3/c1-10(2,3)19-9(17)16-4-5-18-6-7(16)8(15)11(12,13)14/h7-8H,4-6,15H2,1-3H3. The average molecular weight is 284 g/mol. The summed E-state index contributed by atoms with van der Waals surface area (Å²) in [7, 11) is 0. The zero-order valence-electron chi connectivity index (χ0n) is 11.2. The molecule has 1 heterocycles. The van der Waals surface area contributed by atoms with Crippen molar-refractivity contribution < 1.29 is 27.4 Å². The fourth-order valence-corrected chi connectivity index (χ4v) is 1.69. The fourth-order valence-electron chi connectivity index (χ4n) is 1.69. The number of amides is 1. The molecular weight excluding hydrogens is 265 g/mol. The number of hydrogen-bond donors (Lipinski definition) is 1. The van der Waals surface area contributed by atoms with Gasteiger partial charge in [0.2, 0.25) is 0 Å². The van der Waals surface area contributed by atoms with Crippen LogP contribution in [0.5, 0.6) is 0 Å². The molecule has 0 aliphatic carbocycles. The highest BCUT2D eigenvalue weighted by Gasteiger charge is 2.47. The zero-order chi connectivity index (χ0) is 14.8. The van der Waals surface area contributed by atoms with Crippen molar-refractivity contribution in [3.8, 4) is 0 Å². The summed E-state index contributed by atoms with van der Waals surface area (Å²) in [6, 6.07) is -3.41. The van der Waals surface area contributed by atoms with Gasteiger partial charge in [0, 0.05) is 6.54 Å². The van der Waals surface area contributed by atoms with Crippen LogP contribution in [0.4, 0.5) is 18.0 Å². The van der Waals surface area contributed by atoms with Gasteiger partial charge in [-0.2, -0.15) is 13.2 Å². The lowest BCUT2D eigenvalue weighted by Gasteiger charge is -2.39. The lowest BCUT2D eigenvalue weighted by molar-refractivity contribution is -0.171. The van der Waals surface area contributed by atoms with Crippen LogP contribution in [0.1, 0.15) is 20.8 Å². The lowest BCUT2D eigenvalue weighted by Crippen LogP contribution is -2.61. The molecule has 2 N–H and O–H groups in total. The van der Waals surface area contributed by atoms with E-state index in [1.54, 1.807) is 20.8 Å². The number of ether oxygens (including phenoxy) is 2. The molecule has 0 saturated carbocycles. The molecule has 5 nitrogen and oxygen atoms in total. The molecule has 0 aromatic rings. The topological polar surface area (TPSA) is 64.8 Å². The number of nitrogens with two attached hydrogens (primary N) is 1. The maximum atomic E-state index is 12.6. The largest absolute Gasteiger partial charge is 0.444 e. The summed E-state index contributed by atoms with van der Waals surface area (Å²) in [6.07, 6.45) is -5.40. The van der Waals surface area contributed by atoms with E-state index >= 15 is 0 Å². The predicted molar refractivity (Wildman–Crippen MR) is 61.6 cm³/mol. The molecule has 0 aromatic heterocycles. The van der Waals surface area contributed by atoms with E-state index < -0.39 is 30.0 Å². The van der Waals surface area contributed by atoms with Crippen molar-refractivity contribution in [3.63, 3.8) is 0 Å². The second-order valence-electron chi connectivity index (χ2n) is 5.38. The van der Waals surface area contributed by atoms with Gasteiger partial charge < -0.3 is 15.2 Å². The molecular formula is C11H19F3N2O3. The molecule has 0 radical (unpaired) electrons. The summed E-state index contributed by atoms with van der Waals surface area (Å²) in [5.41, 5.74) is 4.39. The van der Waals surface area contributed by atoms with E-state index in [1.165, 1.54) is 0 Å². The number of carbonyl (C=O) groups is 1. The van der Waals surface area contributed by atoms with Crippen molar-refractivity contribution in [1.82, 2.24) is 4.90 Å². The monoisotopic (exact) mass is 284 g/mol. The zero-order valence-corrected chi connectivity index (χ0v) is 11.2. The van der Waals surface area contributed by atoms with Gasteiger partial charge in [0.25, 0.3) is 0 Å². The van der Waals surface area contributed by atoms with Crippen LogP contribution in [0.2, 0.25) is 0 Å². The Kier molecular flexibility index (Phi) is 4.67. The van der Waals surface area contributed by atoms with Crippen LogP contribution < -0.4 is 5.73 Å². The molecule has 0 spiro atoms. The van der Waals surface area contributed by atoms with E-state index in [4.69, 9.17) is 15.2 Å². The Hall–Kier alpha value is -1.02. The molecule has 19 heavy (non-hydrogen) atoms. The molecule has 1 saturated heterocycles. The van der Waals surface area contributed by atoms with Gasteiger partial charge >= 0.3 is 12.3 Å². The molecule has 1 amide bonds. The summed E-state index contributed by atoms with van der Waals surface area (Å²) in [6.45, 7) is 4.88. The van der Waals surface area contributed by atoms with Gasteiger partial charge in [-0.05, 0) is 20.8 Å². The van der Waals surface area contributed by atoms with Gasteiger partial charge in [0.15, 0.2) is 0 Å². The Morgan fingerprint density at radius 3 is 2.47 bits per heavy atom. The molecule has 1 aliphatic heterocycles. The minimum absolute atomic E-state index is 0.0311. The first-order valence-electron chi connectivity index (χ1n) is 5.92.